The summed E-state index contributed by atoms with van der Waals surface area (Å²) in [5, 5.41) is 10.6. The molecule has 0 radical (unpaired) electrons. The Kier molecular flexibility index (Phi) is 5.21. The minimum Gasteiger partial charge on any atom is -0.348 e. The first-order valence-electron chi connectivity index (χ1n) is 7.29. The van der Waals surface area contributed by atoms with Gasteiger partial charge in [0.25, 0.3) is 5.91 Å². The Balaban J connectivity index is 0.00000176. The van der Waals surface area contributed by atoms with Gasteiger partial charge in [-0.2, -0.15) is 5.10 Å². The maximum Gasteiger partial charge on any atom is 0.255 e. The van der Waals surface area contributed by atoms with Gasteiger partial charge in [-0.3, -0.25) is 9.48 Å². The number of aryl methyl sites for hydroxylation is 2. The van der Waals surface area contributed by atoms with E-state index in [4.69, 9.17) is 0 Å². The summed E-state index contributed by atoms with van der Waals surface area (Å²) in [6.07, 6.45) is 2.54. The van der Waals surface area contributed by atoms with Crippen LogP contribution in [0.15, 0.2) is 24.4 Å². The predicted molar refractivity (Wildman–Crippen MR) is 88.0 cm³/mol. The molecule has 118 valence electrons. The van der Waals surface area contributed by atoms with Crippen LogP contribution < -0.4 is 10.6 Å². The number of hydrogen-bond acceptors (Lipinski definition) is 3. The van der Waals surface area contributed by atoms with Crippen molar-refractivity contribution in [1.29, 1.82) is 0 Å². The Labute approximate surface area is 136 Å². The molecule has 0 aliphatic carbocycles. The van der Waals surface area contributed by atoms with Gasteiger partial charge in [-0.1, -0.05) is 25.1 Å². The van der Waals surface area contributed by atoms with Crippen LogP contribution in [0.3, 0.4) is 0 Å². The summed E-state index contributed by atoms with van der Waals surface area (Å²) in [6, 6.07) is 6.38. The Morgan fingerprint density at radius 3 is 2.91 bits per heavy atom. The highest BCUT2D eigenvalue weighted by Crippen LogP contribution is 2.17. The normalized spacial score (nSPS) is 12.6. The van der Waals surface area contributed by atoms with Gasteiger partial charge >= 0.3 is 0 Å². The van der Waals surface area contributed by atoms with Gasteiger partial charge in [-0.15, -0.1) is 12.4 Å². The molecule has 1 aliphatic heterocycles. The summed E-state index contributed by atoms with van der Waals surface area (Å²) < 4.78 is 1.69. The van der Waals surface area contributed by atoms with E-state index in [0.717, 1.165) is 30.8 Å². The van der Waals surface area contributed by atoms with Crippen molar-refractivity contribution < 1.29 is 4.79 Å². The maximum atomic E-state index is 12.3. The van der Waals surface area contributed by atoms with E-state index in [1.165, 1.54) is 11.1 Å². The fourth-order valence-corrected chi connectivity index (χ4v) is 2.72. The molecule has 0 fully saturated rings. The lowest BCUT2D eigenvalue weighted by molar-refractivity contribution is 0.0950. The van der Waals surface area contributed by atoms with Crippen molar-refractivity contribution in [2.24, 2.45) is 7.05 Å². The van der Waals surface area contributed by atoms with E-state index >= 15 is 0 Å². The predicted octanol–water partition coefficient (Wildman–Crippen LogP) is 1.94. The molecule has 0 bridgehead atoms. The number of carbonyl (C=O) groups excluding carboxylic acids is 1. The van der Waals surface area contributed by atoms with Crippen LogP contribution in [0.4, 0.5) is 0 Å². The molecule has 2 aromatic rings. The molecule has 1 aromatic heterocycles. The molecule has 0 unspecified atom stereocenters. The van der Waals surface area contributed by atoms with Crippen molar-refractivity contribution >= 4 is 18.3 Å². The summed E-state index contributed by atoms with van der Waals surface area (Å²) in [4.78, 5) is 12.3. The smallest absolute Gasteiger partial charge is 0.255 e. The van der Waals surface area contributed by atoms with E-state index in [2.05, 4.69) is 33.9 Å². The summed E-state index contributed by atoms with van der Waals surface area (Å²) in [7, 11) is 1.84. The zero-order chi connectivity index (χ0) is 14.8. The lowest BCUT2D eigenvalue weighted by atomic mass is 10.1. The van der Waals surface area contributed by atoms with Crippen molar-refractivity contribution in [3.05, 3.63) is 52.3 Å². The molecular weight excluding hydrogens is 300 g/mol. The van der Waals surface area contributed by atoms with Crippen LogP contribution in [-0.2, 0) is 33.1 Å². The molecular formula is C16H21ClN4O. The highest BCUT2D eigenvalue weighted by molar-refractivity contribution is 5.95. The van der Waals surface area contributed by atoms with Gasteiger partial charge in [0.05, 0.1) is 11.3 Å². The van der Waals surface area contributed by atoms with E-state index in [-0.39, 0.29) is 18.3 Å². The van der Waals surface area contributed by atoms with E-state index in [9.17, 15) is 4.79 Å². The number of amides is 1. The van der Waals surface area contributed by atoms with Crippen LogP contribution in [0.25, 0.3) is 0 Å². The van der Waals surface area contributed by atoms with Gasteiger partial charge in [-0.05, 0) is 23.1 Å². The monoisotopic (exact) mass is 320 g/mol. The number of hydrogen-bond donors (Lipinski definition) is 2. The van der Waals surface area contributed by atoms with Crippen molar-refractivity contribution in [1.82, 2.24) is 20.4 Å². The topological polar surface area (TPSA) is 59.0 Å². The van der Waals surface area contributed by atoms with Crippen LogP contribution in [-0.4, -0.2) is 15.7 Å². The molecule has 2 heterocycles. The second-order valence-corrected chi connectivity index (χ2v) is 5.41. The Morgan fingerprint density at radius 1 is 1.36 bits per heavy atom. The van der Waals surface area contributed by atoms with Crippen molar-refractivity contribution in [3.8, 4) is 0 Å². The van der Waals surface area contributed by atoms with Gasteiger partial charge in [-0.25, -0.2) is 0 Å². The Hall–Kier alpha value is -1.85. The number of rotatable bonds is 4. The number of nitrogens with one attached hydrogen (secondary N) is 2. The van der Waals surface area contributed by atoms with Crippen LogP contribution >= 0.6 is 12.4 Å². The molecule has 0 saturated heterocycles. The molecule has 1 amide bonds. The number of nitrogens with zero attached hydrogens (tertiary/aromatic N) is 2. The first kappa shape index (κ1) is 16.5. The fourth-order valence-electron chi connectivity index (χ4n) is 2.72. The first-order chi connectivity index (χ1) is 10.2. The van der Waals surface area contributed by atoms with E-state index in [1.807, 2.05) is 14.0 Å². The number of fused-ring (bicyclic) bond motifs is 1. The second-order valence-electron chi connectivity index (χ2n) is 5.41. The minimum atomic E-state index is -0.0569. The largest absolute Gasteiger partial charge is 0.348 e. The van der Waals surface area contributed by atoms with Crippen molar-refractivity contribution in [2.75, 3.05) is 0 Å². The third-order valence-corrected chi connectivity index (χ3v) is 3.84. The van der Waals surface area contributed by atoms with E-state index in [1.54, 1.807) is 10.9 Å². The van der Waals surface area contributed by atoms with Crippen LogP contribution in [0.2, 0.25) is 0 Å². The molecule has 1 aliphatic rings. The summed E-state index contributed by atoms with van der Waals surface area (Å²) in [5.41, 5.74) is 5.33. The average molecular weight is 321 g/mol. The van der Waals surface area contributed by atoms with Crippen molar-refractivity contribution in [2.45, 2.75) is 33.0 Å². The number of carbonyl (C=O) groups is 1. The molecule has 2 N–H and O–H groups in total. The quantitative estimate of drug-likeness (QED) is 0.905. The highest BCUT2D eigenvalue weighted by Gasteiger charge is 2.14. The molecule has 0 saturated carbocycles. The summed E-state index contributed by atoms with van der Waals surface area (Å²) >= 11 is 0. The van der Waals surface area contributed by atoms with Crippen LogP contribution in [0.1, 0.15) is 39.7 Å². The molecule has 22 heavy (non-hydrogen) atoms. The number of benzene rings is 1. The van der Waals surface area contributed by atoms with Gasteiger partial charge < -0.3 is 10.6 Å². The highest BCUT2D eigenvalue weighted by atomic mass is 35.5. The minimum absolute atomic E-state index is 0. The summed E-state index contributed by atoms with van der Waals surface area (Å²) in [5.74, 6) is -0.0569. The summed E-state index contributed by atoms with van der Waals surface area (Å²) in [6.45, 7) is 4.41. The number of aromatic nitrogens is 2. The molecule has 3 rings (SSSR count). The first-order valence-corrected chi connectivity index (χ1v) is 7.29. The Bertz CT molecular complexity index is 681. The van der Waals surface area contributed by atoms with Gasteiger partial charge in [0.1, 0.15) is 0 Å². The van der Waals surface area contributed by atoms with Crippen molar-refractivity contribution in [3.63, 3.8) is 0 Å². The Morgan fingerprint density at radius 2 is 2.14 bits per heavy atom. The van der Waals surface area contributed by atoms with Gasteiger partial charge in [0, 0.05) is 32.9 Å². The standard InChI is InChI=1S/C16H20N4O.ClH/c1-3-15-14(10-20(2)19-15)16(21)18-7-11-4-5-12-8-17-9-13(12)6-11;/h4-6,10,17H,3,7-9H2,1-2H3,(H,18,21);1H. The third kappa shape index (κ3) is 3.31. The molecule has 1 aromatic carbocycles. The van der Waals surface area contributed by atoms with Gasteiger partial charge in [0.2, 0.25) is 0 Å². The third-order valence-electron chi connectivity index (χ3n) is 3.84. The lowest BCUT2D eigenvalue weighted by Gasteiger charge is -2.07. The van der Waals surface area contributed by atoms with Crippen LogP contribution in [0.5, 0.6) is 0 Å². The zero-order valence-electron chi connectivity index (χ0n) is 12.8. The molecule has 5 nitrogen and oxygen atoms in total. The van der Waals surface area contributed by atoms with Gasteiger partial charge in [0.15, 0.2) is 0 Å². The lowest BCUT2D eigenvalue weighted by Crippen LogP contribution is -2.23. The molecule has 0 spiro atoms. The maximum absolute atomic E-state index is 12.3. The SMILES string of the molecule is CCc1nn(C)cc1C(=O)NCc1ccc2c(c1)CNC2.Cl. The van der Waals surface area contributed by atoms with E-state index < -0.39 is 0 Å². The second kappa shape index (κ2) is 6.94. The zero-order valence-corrected chi connectivity index (χ0v) is 13.7. The fraction of sp³-hybridized carbons (Fsp3) is 0.375. The number of halogens is 1. The molecule has 6 heteroatoms. The van der Waals surface area contributed by atoms with E-state index in [0.29, 0.717) is 12.1 Å². The molecule has 0 atom stereocenters. The average Bonchev–Trinajstić information content (AvgIpc) is 3.09. The van der Waals surface area contributed by atoms with Crippen LogP contribution in [0, 0.1) is 0 Å².